The van der Waals surface area contributed by atoms with Crippen molar-refractivity contribution in [2.24, 2.45) is 0 Å². The topological polar surface area (TPSA) is 41.1 Å². The van der Waals surface area contributed by atoms with E-state index in [4.69, 9.17) is 0 Å². The first-order valence-corrected chi connectivity index (χ1v) is 7.62. The fraction of sp³-hybridized carbons (Fsp3) is 0.312. The lowest BCUT2D eigenvalue weighted by molar-refractivity contribution is 0.0943. The molecule has 1 aromatic heterocycles. The largest absolute Gasteiger partial charge is 0.380 e. The Morgan fingerprint density at radius 3 is 2.45 bits per heavy atom. The molecule has 0 bridgehead atoms. The Bertz CT molecular complexity index is 572. The Labute approximate surface area is 124 Å². The van der Waals surface area contributed by atoms with E-state index in [2.05, 4.69) is 29.0 Å². The van der Waals surface area contributed by atoms with E-state index < -0.39 is 0 Å². The highest BCUT2D eigenvalue weighted by Gasteiger charge is 2.06. The number of hydrogen-bond donors (Lipinski definition) is 2. The van der Waals surface area contributed by atoms with E-state index >= 15 is 0 Å². The Balaban J connectivity index is 1.95. The van der Waals surface area contributed by atoms with E-state index in [1.165, 1.54) is 10.4 Å². The molecule has 1 amide bonds. The van der Waals surface area contributed by atoms with Crippen molar-refractivity contribution in [3.63, 3.8) is 0 Å². The normalized spacial score (nSPS) is 10.6. The highest BCUT2D eigenvalue weighted by Crippen LogP contribution is 2.18. The molecule has 1 aromatic carbocycles. The van der Waals surface area contributed by atoms with Crippen LogP contribution in [0.4, 0.5) is 5.69 Å². The summed E-state index contributed by atoms with van der Waals surface area (Å²) in [4.78, 5) is 13.2. The van der Waals surface area contributed by atoms with Crippen molar-refractivity contribution in [3.05, 3.63) is 51.7 Å². The molecule has 4 heteroatoms. The zero-order chi connectivity index (χ0) is 14.5. The van der Waals surface area contributed by atoms with Gasteiger partial charge in [0.1, 0.15) is 0 Å². The molecule has 3 nitrogen and oxygen atoms in total. The second-order valence-corrected chi connectivity index (χ2v) is 6.09. The molecule has 0 spiro atoms. The zero-order valence-electron chi connectivity index (χ0n) is 12.1. The van der Waals surface area contributed by atoms with Gasteiger partial charge < -0.3 is 10.6 Å². The lowest BCUT2D eigenvalue weighted by Crippen LogP contribution is -2.29. The second kappa shape index (κ2) is 6.57. The minimum Gasteiger partial charge on any atom is -0.380 e. The van der Waals surface area contributed by atoms with Gasteiger partial charge in [-0.15, -0.1) is 11.3 Å². The highest BCUT2D eigenvalue weighted by atomic mass is 32.1. The van der Waals surface area contributed by atoms with Crippen LogP contribution in [0.15, 0.2) is 35.7 Å². The number of carbonyl (C=O) groups is 1. The number of amides is 1. The maximum absolute atomic E-state index is 11.8. The number of thiophene rings is 1. The van der Waals surface area contributed by atoms with E-state index in [1.807, 2.05) is 38.1 Å². The van der Waals surface area contributed by atoms with Gasteiger partial charge >= 0.3 is 0 Å². The number of anilines is 1. The van der Waals surface area contributed by atoms with E-state index in [-0.39, 0.29) is 11.9 Å². The first kappa shape index (κ1) is 14.6. The zero-order valence-corrected chi connectivity index (χ0v) is 12.9. The van der Waals surface area contributed by atoms with Crippen LogP contribution in [0.25, 0.3) is 0 Å². The lowest BCUT2D eigenvalue weighted by Gasteiger charge is -2.10. The number of rotatable bonds is 5. The molecular weight excluding hydrogens is 268 g/mol. The predicted octanol–water partition coefficient (Wildman–Crippen LogP) is 3.81. The average Bonchev–Trinajstić information content (AvgIpc) is 2.82. The Hall–Kier alpha value is -1.81. The Morgan fingerprint density at radius 2 is 1.90 bits per heavy atom. The number of carbonyl (C=O) groups excluding carboxylic acids is 1. The highest BCUT2D eigenvalue weighted by molar-refractivity contribution is 7.10. The summed E-state index contributed by atoms with van der Waals surface area (Å²) in [6.07, 6.45) is 0. The molecule has 0 saturated carbocycles. The summed E-state index contributed by atoms with van der Waals surface area (Å²) >= 11 is 1.76. The molecule has 2 aromatic rings. The van der Waals surface area contributed by atoms with E-state index in [0.717, 1.165) is 12.2 Å². The summed E-state index contributed by atoms with van der Waals surface area (Å²) in [5, 5.41) is 8.36. The molecular formula is C16H20N2OS. The predicted molar refractivity (Wildman–Crippen MR) is 85.4 cm³/mol. The van der Waals surface area contributed by atoms with Crippen LogP contribution in [-0.2, 0) is 6.54 Å². The molecule has 0 aliphatic rings. The molecule has 0 radical (unpaired) electrons. The molecule has 106 valence electrons. The van der Waals surface area contributed by atoms with Gasteiger partial charge in [0.05, 0.1) is 0 Å². The third-order valence-corrected chi connectivity index (χ3v) is 4.01. The summed E-state index contributed by atoms with van der Waals surface area (Å²) in [6.45, 7) is 6.85. The van der Waals surface area contributed by atoms with Crippen molar-refractivity contribution < 1.29 is 4.79 Å². The standard InChI is InChI=1S/C16H20N2OS/c1-11(2)18-16(19)13-4-6-14(7-5-13)17-10-15-12(3)8-9-20-15/h4-9,11,17H,10H2,1-3H3,(H,18,19). The van der Waals surface area contributed by atoms with E-state index in [9.17, 15) is 4.79 Å². The van der Waals surface area contributed by atoms with Gasteiger partial charge in [0.2, 0.25) is 0 Å². The van der Waals surface area contributed by atoms with Crippen LogP contribution in [0.3, 0.4) is 0 Å². The van der Waals surface area contributed by atoms with Crippen molar-refractivity contribution in [1.29, 1.82) is 0 Å². The summed E-state index contributed by atoms with van der Waals surface area (Å²) in [7, 11) is 0. The molecule has 2 rings (SSSR count). The van der Waals surface area contributed by atoms with Gasteiger partial charge in [-0.05, 0) is 62.0 Å². The molecule has 2 N–H and O–H groups in total. The molecule has 0 atom stereocenters. The van der Waals surface area contributed by atoms with Gasteiger partial charge in [-0.2, -0.15) is 0 Å². The maximum atomic E-state index is 11.8. The van der Waals surface area contributed by atoms with Gasteiger partial charge in [0, 0.05) is 28.7 Å². The summed E-state index contributed by atoms with van der Waals surface area (Å²) < 4.78 is 0. The van der Waals surface area contributed by atoms with Crippen LogP contribution >= 0.6 is 11.3 Å². The van der Waals surface area contributed by atoms with Crippen molar-refractivity contribution in [2.45, 2.75) is 33.4 Å². The first-order valence-electron chi connectivity index (χ1n) is 6.74. The molecule has 0 aliphatic heterocycles. The molecule has 1 heterocycles. The lowest BCUT2D eigenvalue weighted by atomic mass is 10.2. The van der Waals surface area contributed by atoms with Crippen LogP contribution in [-0.4, -0.2) is 11.9 Å². The number of nitrogens with one attached hydrogen (secondary N) is 2. The third-order valence-electron chi connectivity index (χ3n) is 2.99. The Morgan fingerprint density at radius 1 is 1.20 bits per heavy atom. The van der Waals surface area contributed by atoms with Crippen LogP contribution in [0.1, 0.15) is 34.6 Å². The van der Waals surface area contributed by atoms with Crippen LogP contribution in [0, 0.1) is 6.92 Å². The molecule has 0 saturated heterocycles. The minimum atomic E-state index is -0.0272. The van der Waals surface area contributed by atoms with Gasteiger partial charge in [-0.25, -0.2) is 0 Å². The van der Waals surface area contributed by atoms with Crippen LogP contribution in [0.2, 0.25) is 0 Å². The summed E-state index contributed by atoms with van der Waals surface area (Å²) in [6, 6.07) is 9.86. The van der Waals surface area contributed by atoms with Gasteiger partial charge in [0.15, 0.2) is 0 Å². The number of hydrogen-bond acceptors (Lipinski definition) is 3. The van der Waals surface area contributed by atoms with Crippen molar-refractivity contribution in [3.8, 4) is 0 Å². The van der Waals surface area contributed by atoms with Gasteiger partial charge in [0.25, 0.3) is 5.91 Å². The maximum Gasteiger partial charge on any atom is 0.251 e. The SMILES string of the molecule is Cc1ccsc1CNc1ccc(C(=O)NC(C)C)cc1. The number of aryl methyl sites for hydroxylation is 1. The summed E-state index contributed by atoms with van der Waals surface area (Å²) in [5.41, 5.74) is 3.03. The van der Waals surface area contributed by atoms with Gasteiger partial charge in [-0.3, -0.25) is 4.79 Å². The molecule has 0 fully saturated rings. The quantitative estimate of drug-likeness (QED) is 0.878. The first-order chi connectivity index (χ1) is 9.56. The van der Waals surface area contributed by atoms with Crippen LogP contribution in [0.5, 0.6) is 0 Å². The van der Waals surface area contributed by atoms with Crippen molar-refractivity contribution in [1.82, 2.24) is 5.32 Å². The molecule has 20 heavy (non-hydrogen) atoms. The summed E-state index contributed by atoms with van der Waals surface area (Å²) in [5.74, 6) is -0.0272. The number of benzene rings is 1. The average molecular weight is 288 g/mol. The second-order valence-electron chi connectivity index (χ2n) is 5.09. The smallest absolute Gasteiger partial charge is 0.251 e. The minimum absolute atomic E-state index is 0.0272. The van der Waals surface area contributed by atoms with Crippen molar-refractivity contribution >= 4 is 22.9 Å². The monoisotopic (exact) mass is 288 g/mol. The van der Waals surface area contributed by atoms with E-state index in [1.54, 1.807) is 11.3 Å². The van der Waals surface area contributed by atoms with E-state index in [0.29, 0.717) is 5.56 Å². The van der Waals surface area contributed by atoms with Crippen LogP contribution < -0.4 is 10.6 Å². The fourth-order valence-corrected chi connectivity index (χ4v) is 2.70. The molecule has 0 unspecified atom stereocenters. The van der Waals surface area contributed by atoms with Crippen molar-refractivity contribution in [2.75, 3.05) is 5.32 Å². The molecule has 0 aliphatic carbocycles. The van der Waals surface area contributed by atoms with Gasteiger partial charge in [-0.1, -0.05) is 0 Å². The third kappa shape index (κ3) is 3.84. The fourth-order valence-electron chi connectivity index (χ4n) is 1.85. The Kier molecular flexibility index (Phi) is 4.79.